The summed E-state index contributed by atoms with van der Waals surface area (Å²) in [5.74, 6) is 1.62. The van der Waals surface area contributed by atoms with Gasteiger partial charge in [0, 0.05) is 26.5 Å². The van der Waals surface area contributed by atoms with Crippen LogP contribution in [0.5, 0.6) is 5.75 Å². The van der Waals surface area contributed by atoms with E-state index in [9.17, 15) is 0 Å². The van der Waals surface area contributed by atoms with Crippen molar-refractivity contribution in [3.8, 4) is 5.75 Å². The Balaban J connectivity index is 0.00000338. The van der Waals surface area contributed by atoms with Crippen LogP contribution in [0.3, 0.4) is 0 Å². The molecule has 0 bridgehead atoms. The number of benzene rings is 1. The summed E-state index contributed by atoms with van der Waals surface area (Å²) in [5.41, 5.74) is 2.19. The van der Waals surface area contributed by atoms with Gasteiger partial charge >= 0.3 is 0 Å². The zero-order valence-corrected chi connectivity index (χ0v) is 19.1. The van der Waals surface area contributed by atoms with E-state index in [1.165, 1.54) is 5.56 Å². The minimum Gasteiger partial charge on any atom is -0.489 e. The van der Waals surface area contributed by atoms with Gasteiger partial charge < -0.3 is 20.3 Å². The molecule has 2 N–H and O–H groups in total. The van der Waals surface area contributed by atoms with Crippen LogP contribution in [-0.2, 0) is 6.54 Å². The van der Waals surface area contributed by atoms with Crippen LogP contribution in [0.1, 0.15) is 18.2 Å². The van der Waals surface area contributed by atoms with Crippen molar-refractivity contribution in [2.75, 3.05) is 32.6 Å². The second-order valence-electron chi connectivity index (χ2n) is 6.07. The van der Waals surface area contributed by atoms with Crippen molar-refractivity contribution >= 4 is 46.4 Å². The van der Waals surface area contributed by atoms with Gasteiger partial charge in [-0.2, -0.15) is 0 Å². The van der Waals surface area contributed by atoms with Crippen LogP contribution in [0, 0.1) is 6.92 Å². The zero-order chi connectivity index (χ0) is 18.2. The third kappa shape index (κ3) is 7.36. The van der Waals surface area contributed by atoms with Gasteiger partial charge in [-0.25, -0.2) is 4.98 Å². The highest BCUT2D eigenvalue weighted by Crippen LogP contribution is 2.17. The second-order valence-corrected chi connectivity index (χ2v) is 6.90. The molecule has 0 amide bonds. The molecule has 1 aromatic heterocycles. The quantitative estimate of drug-likeness (QED) is 0.355. The van der Waals surface area contributed by atoms with Crippen molar-refractivity contribution in [3.05, 3.63) is 40.9 Å². The van der Waals surface area contributed by atoms with Crippen LogP contribution in [0.2, 0.25) is 0 Å². The van der Waals surface area contributed by atoms with E-state index in [-0.39, 0.29) is 30.1 Å². The molecule has 0 aliphatic heterocycles. The van der Waals surface area contributed by atoms with Gasteiger partial charge in [0.05, 0.1) is 18.8 Å². The monoisotopic (exact) mass is 489 g/mol. The number of aliphatic imine (C=N–C) groups is 1. The van der Waals surface area contributed by atoms with Gasteiger partial charge in [0.2, 0.25) is 0 Å². The van der Waals surface area contributed by atoms with Gasteiger partial charge in [-0.05, 0) is 31.5 Å². The van der Waals surface area contributed by atoms with E-state index in [2.05, 4.69) is 39.0 Å². The highest BCUT2D eigenvalue weighted by Gasteiger charge is 2.07. The topological polar surface area (TPSA) is 61.8 Å². The van der Waals surface area contributed by atoms with E-state index in [0.717, 1.165) is 22.5 Å². The molecule has 0 saturated heterocycles. The molecule has 144 valence electrons. The van der Waals surface area contributed by atoms with Gasteiger partial charge in [-0.1, -0.05) is 12.1 Å². The predicted octanol–water partition coefficient (Wildman–Crippen LogP) is 3.27. The molecule has 26 heavy (non-hydrogen) atoms. The van der Waals surface area contributed by atoms with Crippen molar-refractivity contribution in [3.63, 3.8) is 0 Å². The fraction of sp³-hybridized carbons (Fsp3) is 0.444. The first-order chi connectivity index (χ1) is 12.0. The number of ether oxygens (including phenoxy) is 1. The maximum atomic E-state index is 5.92. The highest BCUT2D eigenvalue weighted by atomic mass is 127. The van der Waals surface area contributed by atoms with Crippen LogP contribution in [-0.4, -0.2) is 44.7 Å². The largest absolute Gasteiger partial charge is 0.489 e. The molecule has 0 fully saturated rings. The number of nitrogens with one attached hydrogen (secondary N) is 2. The minimum absolute atomic E-state index is 0. The summed E-state index contributed by atoms with van der Waals surface area (Å²) in [6, 6.07) is 8.07. The second kappa shape index (κ2) is 11.2. The molecule has 6 nitrogen and oxygen atoms in total. The lowest BCUT2D eigenvalue weighted by Gasteiger charge is -2.17. The number of hydrogen-bond acceptors (Lipinski definition) is 5. The molecule has 0 saturated carbocycles. The standard InChI is InChI=1S/C18H27N5OS.HI/c1-13-7-6-8-16(9-13)24-14(2)10-20-17(19-3)21-11-15-12-25-18(22-15)23(4)5;/h6-9,12,14H,10-11H2,1-5H3,(H2,19,20,21);1H. The number of halogens is 1. The molecular weight excluding hydrogens is 461 g/mol. The number of aryl methyl sites for hydroxylation is 1. The molecule has 1 atom stereocenters. The Morgan fingerprint density at radius 2 is 2.12 bits per heavy atom. The molecule has 1 heterocycles. The summed E-state index contributed by atoms with van der Waals surface area (Å²) in [6.45, 7) is 5.39. The SMILES string of the molecule is CN=C(NCc1csc(N(C)C)n1)NCC(C)Oc1cccc(C)c1.I. The van der Waals surface area contributed by atoms with E-state index in [1.807, 2.05) is 44.1 Å². The molecule has 0 radical (unpaired) electrons. The van der Waals surface area contributed by atoms with Crippen LogP contribution in [0.15, 0.2) is 34.6 Å². The van der Waals surface area contributed by atoms with E-state index in [4.69, 9.17) is 4.74 Å². The summed E-state index contributed by atoms with van der Waals surface area (Å²) in [4.78, 5) is 10.8. The van der Waals surface area contributed by atoms with Crippen LogP contribution in [0.4, 0.5) is 5.13 Å². The normalized spacial score (nSPS) is 12.1. The number of anilines is 1. The lowest BCUT2D eigenvalue weighted by molar-refractivity contribution is 0.223. The van der Waals surface area contributed by atoms with Gasteiger partial charge in [-0.15, -0.1) is 35.3 Å². The highest BCUT2D eigenvalue weighted by molar-refractivity contribution is 14.0. The molecule has 2 rings (SSSR count). The lowest BCUT2D eigenvalue weighted by atomic mass is 10.2. The molecule has 0 spiro atoms. The number of hydrogen-bond donors (Lipinski definition) is 2. The number of guanidine groups is 1. The van der Waals surface area contributed by atoms with E-state index < -0.39 is 0 Å². The molecule has 8 heteroatoms. The summed E-state index contributed by atoms with van der Waals surface area (Å²) in [5, 5.41) is 9.61. The summed E-state index contributed by atoms with van der Waals surface area (Å²) < 4.78 is 5.92. The van der Waals surface area contributed by atoms with E-state index >= 15 is 0 Å². The van der Waals surface area contributed by atoms with Crippen molar-refractivity contribution in [2.45, 2.75) is 26.5 Å². The van der Waals surface area contributed by atoms with Crippen LogP contribution in [0.25, 0.3) is 0 Å². The zero-order valence-electron chi connectivity index (χ0n) is 15.9. The van der Waals surface area contributed by atoms with Crippen molar-refractivity contribution in [1.29, 1.82) is 0 Å². The fourth-order valence-electron chi connectivity index (χ4n) is 2.18. The molecular formula is C18H28IN5OS. The third-order valence-electron chi connectivity index (χ3n) is 3.47. The van der Waals surface area contributed by atoms with Crippen molar-refractivity contribution < 1.29 is 4.74 Å². The first kappa shape index (κ1) is 22.5. The molecule has 2 aromatic rings. The molecule has 1 aromatic carbocycles. The van der Waals surface area contributed by atoms with Gasteiger partial charge in [0.15, 0.2) is 11.1 Å². The van der Waals surface area contributed by atoms with Crippen molar-refractivity contribution in [2.24, 2.45) is 4.99 Å². The van der Waals surface area contributed by atoms with Crippen LogP contribution >= 0.6 is 35.3 Å². The Morgan fingerprint density at radius 3 is 2.73 bits per heavy atom. The summed E-state index contributed by atoms with van der Waals surface area (Å²) in [7, 11) is 5.74. The number of thiazole rings is 1. The predicted molar refractivity (Wildman–Crippen MR) is 121 cm³/mol. The number of aromatic nitrogens is 1. The Morgan fingerprint density at radius 1 is 1.35 bits per heavy atom. The van der Waals surface area contributed by atoms with Crippen LogP contribution < -0.4 is 20.3 Å². The number of nitrogens with zero attached hydrogens (tertiary/aromatic N) is 3. The first-order valence-corrected chi connectivity index (χ1v) is 9.15. The van der Waals surface area contributed by atoms with Gasteiger partial charge in [0.1, 0.15) is 11.9 Å². The Hall–Kier alpha value is -1.55. The Labute approximate surface area is 177 Å². The maximum absolute atomic E-state index is 5.92. The maximum Gasteiger partial charge on any atom is 0.191 e. The average Bonchev–Trinajstić information content (AvgIpc) is 3.04. The Kier molecular flexibility index (Phi) is 9.71. The summed E-state index contributed by atoms with van der Waals surface area (Å²) >= 11 is 1.63. The van der Waals surface area contributed by atoms with Gasteiger partial charge in [0.25, 0.3) is 0 Å². The minimum atomic E-state index is 0. The van der Waals surface area contributed by atoms with E-state index in [1.54, 1.807) is 18.4 Å². The fourth-order valence-corrected chi connectivity index (χ4v) is 2.94. The summed E-state index contributed by atoms with van der Waals surface area (Å²) in [6.07, 6.45) is 0.0277. The molecule has 0 aliphatic rings. The molecule has 1 unspecified atom stereocenters. The average molecular weight is 489 g/mol. The first-order valence-electron chi connectivity index (χ1n) is 8.27. The third-order valence-corrected chi connectivity index (χ3v) is 4.52. The molecule has 0 aliphatic carbocycles. The van der Waals surface area contributed by atoms with E-state index in [0.29, 0.717) is 13.1 Å². The Bertz CT molecular complexity index is 704. The van der Waals surface area contributed by atoms with Gasteiger partial charge in [-0.3, -0.25) is 4.99 Å². The lowest BCUT2D eigenvalue weighted by Crippen LogP contribution is -2.41. The number of rotatable bonds is 7. The smallest absolute Gasteiger partial charge is 0.191 e. The van der Waals surface area contributed by atoms with Crippen molar-refractivity contribution in [1.82, 2.24) is 15.6 Å².